The number of nitrogens with zero attached hydrogens (tertiary/aromatic N) is 1. The summed E-state index contributed by atoms with van der Waals surface area (Å²) in [5.41, 5.74) is 0.575. The summed E-state index contributed by atoms with van der Waals surface area (Å²) >= 11 is 0. The van der Waals surface area contributed by atoms with Crippen LogP contribution in [0.4, 0.5) is 0 Å². The lowest BCUT2D eigenvalue weighted by Gasteiger charge is -2.29. The number of carbonyl (C=O) groups is 1. The summed E-state index contributed by atoms with van der Waals surface area (Å²) in [6.07, 6.45) is 0.498. The zero-order valence-corrected chi connectivity index (χ0v) is 7.47. The maximum atomic E-state index is 11.8. The van der Waals surface area contributed by atoms with Crippen molar-refractivity contribution in [1.29, 1.82) is 0 Å². The molecule has 1 fully saturated rings. The molecule has 4 nitrogen and oxygen atoms in total. The van der Waals surface area contributed by atoms with Crippen molar-refractivity contribution < 1.29 is 14.4 Å². The zero-order valence-electron chi connectivity index (χ0n) is 7.47. The Hall–Kier alpha value is -1.55. The van der Waals surface area contributed by atoms with Crippen LogP contribution in [-0.4, -0.2) is 23.8 Å². The van der Waals surface area contributed by atoms with Crippen LogP contribution in [0, 0.1) is 0 Å². The first-order valence-corrected chi connectivity index (χ1v) is 4.58. The predicted octanol–water partition coefficient (Wildman–Crippen LogP) is 1.18. The van der Waals surface area contributed by atoms with Gasteiger partial charge in [-0.2, -0.15) is 5.06 Å². The fourth-order valence-electron chi connectivity index (χ4n) is 1.76. The van der Waals surface area contributed by atoms with Crippen molar-refractivity contribution in [2.75, 3.05) is 6.61 Å². The number of para-hydroxylation sites is 1. The number of amides is 1. The largest absolute Gasteiger partial charge is 0.467 e. The molecular formula is C10H9NO3. The topological polar surface area (TPSA) is 38.8 Å². The van der Waals surface area contributed by atoms with Gasteiger partial charge in [-0.15, -0.1) is 0 Å². The molecule has 1 aromatic carbocycles. The normalized spacial score (nSPS) is 24.1. The van der Waals surface area contributed by atoms with Gasteiger partial charge in [-0.1, -0.05) is 12.1 Å². The van der Waals surface area contributed by atoms with Crippen molar-refractivity contribution in [3.05, 3.63) is 29.8 Å². The van der Waals surface area contributed by atoms with E-state index in [2.05, 4.69) is 0 Å². The fourth-order valence-corrected chi connectivity index (χ4v) is 1.76. The molecule has 0 N–H and O–H groups in total. The molecule has 0 spiro atoms. The minimum atomic E-state index is -0.239. The maximum absolute atomic E-state index is 11.8. The molecule has 0 aromatic heterocycles. The molecule has 1 amide bonds. The minimum Gasteiger partial charge on any atom is -0.467 e. The SMILES string of the molecule is O=C1c2ccccc2O[C@H]2CCON12. The van der Waals surface area contributed by atoms with Crippen LogP contribution in [-0.2, 0) is 4.84 Å². The number of carbonyl (C=O) groups excluding carboxylic acids is 1. The fraction of sp³-hybridized carbons (Fsp3) is 0.300. The number of hydrogen-bond acceptors (Lipinski definition) is 3. The van der Waals surface area contributed by atoms with Crippen molar-refractivity contribution in [1.82, 2.24) is 5.06 Å². The van der Waals surface area contributed by atoms with E-state index in [1.165, 1.54) is 5.06 Å². The zero-order chi connectivity index (χ0) is 9.54. The molecule has 0 saturated carbocycles. The number of hydrogen-bond donors (Lipinski definition) is 0. The number of ether oxygens (including phenoxy) is 1. The van der Waals surface area contributed by atoms with Crippen molar-refractivity contribution in [3.8, 4) is 5.75 Å². The van der Waals surface area contributed by atoms with Crippen LogP contribution >= 0.6 is 0 Å². The lowest BCUT2D eigenvalue weighted by Crippen LogP contribution is -2.42. The third-order valence-corrected chi connectivity index (χ3v) is 2.44. The highest BCUT2D eigenvalue weighted by Crippen LogP contribution is 2.31. The van der Waals surface area contributed by atoms with Gasteiger partial charge in [0.2, 0.25) is 6.23 Å². The first-order chi connectivity index (χ1) is 6.86. The molecule has 3 rings (SSSR count). The van der Waals surface area contributed by atoms with Gasteiger partial charge < -0.3 is 4.74 Å². The van der Waals surface area contributed by atoms with Crippen LogP contribution in [0.25, 0.3) is 0 Å². The van der Waals surface area contributed by atoms with E-state index < -0.39 is 0 Å². The average Bonchev–Trinajstić information content (AvgIpc) is 2.66. The molecule has 2 aliphatic heterocycles. The van der Waals surface area contributed by atoms with Crippen LogP contribution in [0.1, 0.15) is 16.8 Å². The highest BCUT2D eigenvalue weighted by Gasteiger charge is 2.38. The summed E-state index contributed by atoms with van der Waals surface area (Å²) in [4.78, 5) is 17.0. The Morgan fingerprint density at radius 2 is 2.21 bits per heavy atom. The molecule has 72 valence electrons. The predicted molar refractivity (Wildman–Crippen MR) is 47.6 cm³/mol. The molecule has 0 bridgehead atoms. The molecule has 0 aliphatic carbocycles. The Bertz CT molecular complexity index is 391. The smallest absolute Gasteiger partial charge is 0.284 e. The van der Waals surface area contributed by atoms with E-state index in [4.69, 9.17) is 9.57 Å². The molecule has 4 heteroatoms. The highest BCUT2D eigenvalue weighted by atomic mass is 16.7. The third kappa shape index (κ3) is 0.943. The molecule has 0 radical (unpaired) electrons. The van der Waals surface area contributed by atoms with E-state index in [1.807, 2.05) is 18.2 Å². The van der Waals surface area contributed by atoms with Gasteiger partial charge in [0.25, 0.3) is 5.91 Å². The number of rotatable bonds is 0. The van der Waals surface area contributed by atoms with E-state index in [-0.39, 0.29) is 12.1 Å². The van der Waals surface area contributed by atoms with Crippen LogP contribution in [0.5, 0.6) is 5.75 Å². The molecule has 14 heavy (non-hydrogen) atoms. The van der Waals surface area contributed by atoms with Crippen molar-refractivity contribution in [2.45, 2.75) is 12.6 Å². The second kappa shape index (κ2) is 2.72. The lowest BCUT2D eigenvalue weighted by atomic mass is 10.1. The molecular weight excluding hydrogens is 182 g/mol. The molecule has 0 unspecified atom stereocenters. The van der Waals surface area contributed by atoms with Crippen LogP contribution in [0.2, 0.25) is 0 Å². The summed E-state index contributed by atoms with van der Waals surface area (Å²) in [6.45, 7) is 0.546. The molecule has 1 aromatic rings. The second-order valence-corrected chi connectivity index (χ2v) is 3.32. The summed E-state index contributed by atoms with van der Waals surface area (Å²) in [5, 5.41) is 1.32. The average molecular weight is 191 g/mol. The summed E-state index contributed by atoms with van der Waals surface area (Å²) in [5.74, 6) is 0.554. The van der Waals surface area contributed by atoms with E-state index >= 15 is 0 Å². The maximum Gasteiger partial charge on any atom is 0.284 e. The molecule has 1 saturated heterocycles. The molecule has 2 aliphatic rings. The Balaban J connectivity index is 2.08. The van der Waals surface area contributed by atoms with Crippen molar-refractivity contribution in [2.24, 2.45) is 0 Å². The standard InChI is InChI=1S/C10H9NO3/c12-10-7-3-1-2-4-8(7)14-9-5-6-13-11(9)10/h1-4,9H,5-6H2/t9-/m0/s1. The van der Waals surface area contributed by atoms with E-state index in [1.54, 1.807) is 6.07 Å². The van der Waals surface area contributed by atoms with Gasteiger partial charge in [-0.05, 0) is 12.1 Å². The van der Waals surface area contributed by atoms with Gasteiger partial charge in [-0.25, -0.2) is 0 Å². The van der Waals surface area contributed by atoms with Gasteiger partial charge in [-0.3, -0.25) is 9.63 Å². The summed E-state index contributed by atoms with van der Waals surface area (Å²) in [7, 11) is 0. The van der Waals surface area contributed by atoms with Crippen molar-refractivity contribution >= 4 is 5.91 Å². The van der Waals surface area contributed by atoms with Crippen LogP contribution in [0.3, 0.4) is 0 Å². The summed E-state index contributed by atoms with van der Waals surface area (Å²) in [6, 6.07) is 7.23. The van der Waals surface area contributed by atoms with Gasteiger partial charge in [0.05, 0.1) is 12.2 Å². The van der Waals surface area contributed by atoms with Gasteiger partial charge in [0.1, 0.15) is 5.75 Å². The van der Waals surface area contributed by atoms with E-state index in [0.29, 0.717) is 17.9 Å². The van der Waals surface area contributed by atoms with Gasteiger partial charge in [0.15, 0.2) is 0 Å². The monoisotopic (exact) mass is 191 g/mol. The Kier molecular flexibility index (Phi) is 1.52. The Morgan fingerprint density at radius 3 is 3.14 bits per heavy atom. The third-order valence-electron chi connectivity index (χ3n) is 2.44. The first-order valence-electron chi connectivity index (χ1n) is 4.58. The highest BCUT2D eigenvalue weighted by molar-refractivity contribution is 5.97. The van der Waals surface area contributed by atoms with E-state index in [9.17, 15) is 4.79 Å². The Morgan fingerprint density at radius 1 is 1.36 bits per heavy atom. The molecule has 2 heterocycles. The van der Waals surface area contributed by atoms with E-state index in [0.717, 1.165) is 6.42 Å². The van der Waals surface area contributed by atoms with Gasteiger partial charge in [0, 0.05) is 6.42 Å². The van der Waals surface area contributed by atoms with Gasteiger partial charge >= 0.3 is 0 Å². The lowest BCUT2D eigenvalue weighted by molar-refractivity contribution is -0.140. The second-order valence-electron chi connectivity index (χ2n) is 3.32. The van der Waals surface area contributed by atoms with Crippen molar-refractivity contribution in [3.63, 3.8) is 0 Å². The quantitative estimate of drug-likeness (QED) is 0.618. The Labute approximate surface area is 81.0 Å². The summed E-state index contributed by atoms with van der Waals surface area (Å²) < 4.78 is 5.61. The first kappa shape index (κ1) is 7.82. The number of hydroxylamine groups is 2. The van der Waals surface area contributed by atoms with Crippen LogP contribution < -0.4 is 4.74 Å². The minimum absolute atomic E-state index is 0.102. The number of benzene rings is 1. The number of fused-ring (bicyclic) bond motifs is 2. The van der Waals surface area contributed by atoms with Crippen LogP contribution in [0.15, 0.2) is 24.3 Å². The molecule has 1 atom stereocenters.